The molecule has 328 valence electrons. The van der Waals surface area contributed by atoms with E-state index in [0.717, 1.165) is 56.9 Å². The van der Waals surface area contributed by atoms with Crippen molar-refractivity contribution in [3.05, 3.63) is 35.9 Å². The molecule has 0 aliphatic carbocycles. The Labute approximate surface area is 345 Å². The highest BCUT2D eigenvalue weighted by Gasteiger charge is 2.48. The summed E-state index contributed by atoms with van der Waals surface area (Å²) in [5.74, 6) is -0.791. The van der Waals surface area contributed by atoms with Crippen LogP contribution < -0.4 is 10.6 Å². The molecule has 2 rings (SSSR count). The third kappa shape index (κ3) is 22.9. The maximum Gasteiger partial charge on any atom is 0.407 e. The van der Waals surface area contributed by atoms with Crippen molar-refractivity contribution < 1.29 is 39.2 Å². The fourth-order valence-corrected chi connectivity index (χ4v) is 7.64. The first-order valence-corrected chi connectivity index (χ1v) is 23.0. The maximum absolute atomic E-state index is 13.9. The van der Waals surface area contributed by atoms with Crippen molar-refractivity contribution in [3.8, 4) is 0 Å². The van der Waals surface area contributed by atoms with Crippen molar-refractivity contribution in [3.63, 3.8) is 0 Å². The number of unbranched alkanes of at least 4 members (excludes halogenated alkanes) is 23. The van der Waals surface area contributed by atoms with E-state index < -0.39 is 55.7 Å². The van der Waals surface area contributed by atoms with Gasteiger partial charge in [0.2, 0.25) is 11.8 Å². The molecule has 11 heteroatoms. The predicted octanol–water partition coefficient (Wildman–Crippen LogP) is 8.85. The molecule has 1 aliphatic rings. The van der Waals surface area contributed by atoms with E-state index >= 15 is 0 Å². The Bertz CT molecular complexity index is 1160. The van der Waals surface area contributed by atoms with E-state index in [1.807, 2.05) is 30.3 Å². The topological polar surface area (TPSA) is 158 Å². The van der Waals surface area contributed by atoms with Gasteiger partial charge in [0.05, 0.1) is 6.61 Å². The second-order valence-electron chi connectivity index (χ2n) is 16.2. The SMILES string of the molecule is CCCCCCCCCCCCCCCCCC(=O)N(CCCCCCCCCCCC)[C@@H]1O[C@H](CO)[C@@H](O)[C@H](O)[C@H]1NC(=O)CNC(=O)OCc1ccccc1. The molecule has 1 saturated heterocycles. The summed E-state index contributed by atoms with van der Waals surface area (Å²) in [6, 6.07) is 7.97. The number of hydrogen-bond acceptors (Lipinski definition) is 8. The predicted molar refractivity (Wildman–Crippen MR) is 227 cm³/mol. The Morgan fingerprint density at radius 2 is 1.14 bits per heavy atom. The van der Waals surface area contributed by atoms with E-state index in [0.29, 0.717) is 13.0 Å². The number of hydrogen-bond donors (Lipinski definition) is 5. The van der Waals surface area contributed by atoms with E-state index in [4.69, 9.17) is 9.47 Å². The van der Waals surface area contributed by atoms with Gasteiger partial charge in [-0.1, -0.05) is 192 Å². The third-order valence-corrected chi connectivity index (χ3v) is 11.2. The molecule has 0 unspecified atom stereocenters. The van der Waals surface area contributed by atoms with Gasteiger partial charge in [-0.15, -0.1) is 0 Å². The second kappa shape index (κ2) is 33.1. The Balaban J connectivity index is 1.93. The number of ether oxygens (including phenoxy) is 2. The van der Waals surface area contributed by atoms with Crippen molar-refractivity contribution in [2.75, 3.05) is 19.7 Å². The van der Waals surface area contributed by atoms with Crippen LogP contribution in [0.4, 0.5) is 4.79 Å². The van der Waals surface area contributed by atoms with Gasteiger partial charge in [0, 0.05) is 13.0 Å². The molecule has 0 aromatic heterocycles. The Kier molecular flexibility index (Phi) is 29.3. The standard InChI is InChI=1S/C46H81N3O8/c1-3-5-7-9-11-13-15-16-17-18-19-20-22-24-29-33-41(52)49(34-30-25-23-21-14-12-10-8-6-4-2)45-42(44(54)43(53)39(36-50)57-45)48-40(51)35-47-46(55)56-37-38-31-27-26-28-32-38/h26-28,31-32,39,42-45,50,53-54H,3-25,29-30,33-37H2,1-2H3,(H,47,55)(H,48,51)/t39-,42-,43-,44-,45-/m1/s1. The summed E-state index contributed by atoms with van der Waals surface area (Å²) in [5, 5.41) is 37.2. The summed E-state index contributed by atoms with van der Waals surface area (Å²) >= 11 is 0. The fraction of sp³-hybridized carbons (Fsp3) is 0.804. The summed E-state index contributed by atoms with van der Waals surface area (Å²) in [5.41, 5.74) is 0.798. The third-order valence-electron chi connectivity index (χ3n) is 11.2. The Hall–Kier alpha value is -2.73. The van der Waals surface area contributed by atoms with Crippen LogP contribution >= 0.6 is 0 Å². The number of alkyl carbamates (subject to hydrolysis) is 1. The van der Waals surface area contributed by atoms with Crippen LogP contribution in [0.3, 0.4) is 0 Å². The van der Waals surface area contributed by atoms with Crippen LogP contribution in [-0.2, 0) is 25.7 Å². The lowest BCUT2D eigenvalue weighted by Crippen LogP contribution is -2.69. The average molecular weight is 804 g/mol. The number of carbonyl (C=O) groups excluding carboxylic acids is 3. The minimum absolute atomic E-state index is 0.0374. The van der Waals surface area contributed by atoms with E-state index in [1.165, 1.54) is 109 Å². The smallest absolute Gasteiger partial charge is 0.407 e. The largest absolute Gasteiger partial charge is 0.445 e. The molecule has 0 radical (unpaired) electrons. The molecule has 0 saturated carbocycles. The van der Waals surface area contributed by atoms with Crippen molar-refractivity contribution >= 4 is 17.9 Å². The van der Waals surface area contributed by atoms with E-state index in [1.54, 1.807) is 4.90 Å². The van der Waals surface area contributed by atoms with Crippen LogP contribution in [-0.4, -0.2) is 88.4 Å². The van der Waals surface area contributed by atoms with Crippen molar-refractivity contribution in [2.45, 2.75) is 218 Å². The quantitative estimate of drug-likeness (QED) is 0.0433. The minimum atomic E-state index is -1.52. The summed E-state index contributed by atoms with van der Waals surface area (Å²) < 4.78 is 11.3. The highest BCUT2D eigenvalue weighted by molar-refractivity contribution is 5.82. The summed E-state index contributed by atoms with van der Waals surface area (Å²) in [7, 11) is 0. The zero-order chi connectivity index (χ0) is 41.4. The van der Waals surface area contributed by atoms with Gasteiger partial charge in [-0.05, 0) is 18.4 Å². The average Bonchev–Trinajstić information content (AvgIpc) is 3.22. The molecule has 5 atom stereocenters. The molecule has 1 aliphatic heterocycles. The van der Waals surface area contributed by atoms with Crippen LogP contribution in [0.1, 0.15) is 186 Å². The number of nitrogens with one attached hydrogen (secondary N) is 2. The molecule has 1 aromatic rings. The zero-order valence-corrected chi connectivity index (χ0v) is 35.8. The highest BCUT2D eigenvalue weighted by Crippen LogP contribution is 2.26. The molecular formula is C46H81N3O8. The molecule has 3 amide bonds. The van der Waals surface area contributed by atoms with E-state index in [9.17, 15) is 29.7 Å². The summed E-state index contributed by atoms with van der Waals surface area (Å²) in [4.78, 5) is 41.0. The monoisotopic (exact) mass is 804 g/mol. The van der Waals surface area contributed by atoms with Gasteiger partial charge >= 0.3 is 6.09 Å². The first-order chi connectivity index (χ1) is 27.8. The Morgan fingerprint density at radius 3 is 1.63 bits per heavy atom. The molecule has 1 aromatic carbocycles. The number of aliphatic hydroxyl groups is 3. The molecule has 0 bridgehead atoms. The van der Waals surface area contributed by atoms with Gasteiger partial charge in [-0.25, -0.2) is 4.79 Å². The van der Waals surface area contributed by atoms with Gasteiger partial charge < -0.3 is 40.3 Å². The summed E-state index contributed by atoms with van der Waals surface area (Å²) in [6.45, 7) is 3.86. The molecule has 5 N–H and O–H groups in total. The number of aliphatic hydroxyl groups excluding tert-OH is 3. The van der Waals surface area contributed by atoms with Crippen LogP contribution in [0.25, 0.3) is 0 Å². The second-order valence-corrected chi connectivity index (χ2v) is 16.2. The van der Waals surface area contributed by atoms with Gasteiger partial charge in [0.15, 0.2) is 6.23 Å². The normalized spacial score (nSPS) is 19.3. The van der Waals surface area contributed by atoms with Crippen molar-refractivity contribution in [1.82, 2.24) is 15.5 Å². The lowest BCUT2D eigenvalue weighted by atomic mass is 9.94. The van der Waals surface area contributed by atoms with E-state index in [2.05, 4.69) is 24.5 Å². The number of nitrogens with zero attached hydrogens (tertiary/aromatic N) is 1. The molecule has 1 fully saturated rings. The van der Waals surface area contributed by atoms with Crippen molar-refractivity contribution in [2.24, 2.45) is 0 Å². The molecule has 11 nitrogen and oxygen atoms in total. The number of rotatable bonds is 34. The van der Waals surface area contributed by atoms with Crippen LogP contribution in [0.5, 0.6) is 0 Å². The fourth-order valence-electron chi connectivity index (χ4n) is 7.64. The van der Waals surface area contributed by atoms with Gasteiger partial charge in [0.25, 0.3) is 0 Å². The Morgan fingerprint density at radius 1 is 0.667 bits per heavy atom. The lowest BCUT2D eigenvalue weighted by molar-refractivity contribution is -0.231. The molecule has 57 heavy (non-hydrogen) atoms. The van der Waals surface area contributed by atoms with Crippen LogP contribution in [0, 0.1) is 0 Å². The van der Waals surface area contributed by atoms with Gasteiger partial charge in [-0.3, -0.25) is 9.59 Å². The zero-order valence-electron chi connectivity index (χ0n) is 35.8. The summed E-state index contributed by atoms with van der Waals surface area (Å²) in [6.07, 6.45) is 24.0. The van der Waals surface area contributed by atoms with Crippen molar-refractivity contribution in [1.29, 1.82) is 0 Å². The number of amides is 3. The van der Waals surface area contributed by atoms with E-state index in [-0.39, 0.29) is 12.5 Å². The maximum atomic E-state index is 13.9. The van der Waals surface area contributed by atoms with Gasteiger partial charge in [-0.2, -0.15) is 0 Å². The molecule has 1 heterocycles. The first kappa shape index (κ1) is 50.4. The first-order valence-electron chi connectivity index (χ1n) is 23.0. The van der Waals surface area contributed by atoms with Crippen LogP contribution in [0.15, 0.2) is 30.3 Å². The molecular weight excluding hydrogens is 723 g/mol. The number of benzene rings is 1. The highest BCUT2D eigenvalue weighted by atomic mass is 16.6. The lowest BCUT2D eigenvalue weighted by Gasteiger charge is -2.47. The minimum Gasteiger partial charge on any atom is -0.445 e. The molecule has 0 spiro atoms. The number of carbonyl (C=O) groups is 3. The van der Waals surface area contributed by atoms with Crippen LogP contribution in [0.2, 0.25) is 0 Å². The van der Waals surface area contributed by atoms with Gasteiger partial charge in [0.1, 0.15) is 37.5 Å².